The first-order valence-electron chi connectivity index (χ1n) is 11.2. The molecule has 0 aliphatic heterocycles. The lowest BCUT2D eigenvalue weighted by Gasteiger charge is -2.31. The minimum Gasteiger partial charge on any atom is -0.342 e. The van der Waals surface area contributed by atoms with Gasteiger partial charge in [-0.15, -0.1) is 0 Å². The van der Waals surface area contributed by atoms with Gasteiger partial charge in [0.25, 0.3) is 11.5 Å². The molecule has 0 saturated heterocycles. The first kappa shape index (κ1) is 21.3. The van der Waals surface area contributed by atoms with E-state index in [1.54, 1.807) is 23.4 Å². The zero-order valence-electron chi connectivity index (χ0n) is 18.3. The number of imidazole rings is 1. The summed E-state index contributed by atoms with van der Waals surface area (Å²) in [5.74, 6) is 0.598. The normalized spacial score (nSPS) is 17.9. The molecule has 2 aromatic rings. The SMILES string of the molecule is CN(C(=O)Cn1cccc(C(=O)NC(c2nccn2C)C2CC2)c1=O)C1CCCCC1. The van der Waals surface area contributed by atoms with Crippen LogP contribution in [0, 0.1) is 5.92 Å². The highest BCUT2D eigenvalue weighted by Crippen LogP contribution is 2.40. The van der Waals surface area contributed by atoms with Crippen LogP contribution in [0.3, 0.4) is 0 Å². The minimum atomic E-state index is -0.445. The maximum atomic E-state index is 13.0. The second-order valence-electron chi connectivity index (χ2n) is 8.84. The van der Waals surface area contributed by atoms with Gasteiger partial charge in [-0.25, -0.2) is 4.98 Å². The van der Waals surface area contributed by atoms with Crippen LogP contribution in [0.2, 0.25) is 0 Å². The number of nitrogens with zero attached hydrogens (tertiary/aromatic N) is 4. The van der Waals surface area contributed by atoms with Gasteiger partial charge in [-0.1, -0.05) is 19.3 Å². The number of aryl methyl sites for hydroxylation is 1. The molecule has 2 fully saturated rings. The molecule has 166 valence electrons. The van der Waals surface area contributed by atoms with Crippen LogP contribution in [0.25, 0.3) is 0 Å². The van der Waals surface area contributed by atoms with Crippen LogP contribution in [-0.2, 0) is 18.4 Å². The summed E-state index contributed by atoms with van der Waals surface area (Å²) in [7, 11) is 3.71. The Morgan fingerprint density at radius 2 is 1.94 bits per heavy atom. The summed E-state index contributed by atoms with van der Waals surface area (Å²) >= 11 is 0. The molecular weight excluding hydrogens is 394 g/mol. The molecule has 2 saturated carbocycles. The Morgan fingerprint density at radius 1 is 1.19 bits per heavy atom. The second-order valence-corrected chi connectivity index (χ2v) is 8.84. The molecule has 0 bridgehead atoms. The number of likely N-dealkylation sites (N-methyl/N-ethyl adjacent to an activating group) is 1. The van der Waals surface area contributed by atoms with Gasteiger partial charge in [0.1, 0.15) is 17.9 Å². The minimum absolute atomic E-state index is 0.0514. The molecule has 8 nitrogen and oxygen atoms in total. The molecule has 2 aromatic heterocycles. The van der Waals surface area contributed by atoms with E-state index in [1.165, 1.54) is 17.1 Å². The first-order valence-corrected chi connectivity index (χ1v) is 11.2. The number of carbonyl (C=O) groups is 2. The van der Waals surface area contributed by atoms with Gasteiger partial charge in [-0.3, -0.25) is 14.4 Å². The highest BCUT2D eigenvalue weighted by molar-refractivity contribution is 5.94. The molecule has 1 N–H and O–H groups in total. The van der Waals surface area contributed by atoms with Gasteiger partial charge in [-0.05, 0) is 43.7 Å². The average molecular weight is 426 g/mol. The van der Waals surface area contributed by atoms with Gasteiger partial charge < -0.3 is 19.4 Å². The van der Waals surface area contributed by atoms with Gasteiger partial charge in [0, 0.05) is 38.7 Å². The number of hydrogen-bond acceptors (Lipinski definition) is 4. The van der Waals surface area contributed by atoms with Crippen molar-refractivity contribution in [3.63, 3.8) is 0 Å². The lowest BCUT2D eigenvalue weighted by atomic mass is 9.94. The molecule has 4 rings (SSSR count). The maximum absolute atomic E-state index is 13.0. The Bertz CT molecular complexity index is 1000. The van der Waals surface area contributed by atoms with Crippen LogP contribution >= 0.6 is 0 Å². The highest BCUT2D eigenvalue weighted by Gasteiger charge is 2.36. The molecule has 31 heavy (non-hydrogen) atoms. The van der Waals surface area contributed by atoms with Crippen molar-refractivity contribution in [2.45, 2.75) is 63.6 Å². The zero-order valence-corrected chi connectivity index (χ0v) is 18.3. The standard InChI is InChI=1S/C23H31N5O3/c1-26-14-12-24-21(26)20(16-10-11-16)25-22(30)18-9-6-13-28(23(18)31)15-19(29)27(2)17-7-4-3-5-8-17/h6,9,12-14,16-17,20H,3-5,7-8,10-11,15H2,1-2H3,(H,25,30). The summed E-state index contributed by atoms with van der Waals surface area (Å²) < 4.78 is 3.23. The fourth-order valence-corrected chi connectivity index (χ4v) is 4.48. The summed E-state index contributed by atoms with van der Waals surface area (Å²) in [6.07, 6.45) is 12.7. The van der Waals surface area contributed by atoms with E-state index in [-0.39, 0.29) is 30.1 Å². The average Bonchev–Trinajstić information content (AvgIpc) is 3.54. The number of amides is 2. The van der Waals surface area contributed by atoms with Crippen molar-refractivity contribution in [3.8, 4) is 0 Å². The van der Waals surface area contributed by atoms with Crippen LogP contribution < -0.4 is 10.9 Å². The quantitative estimate of drug-likeness (QED) is 0.737. The molecule has 2 amide bonds. The number of carbonyl (C=O) groups excluding carboxylic acids is 2. The number of aromatic nitrogens is 3. The third-order valence-corrected chi connectivity index (χ3v) is 6.60. The third-order valence-electron chi connectivity index (χ3n) is 6.60. The molecule has 0 aromatic carbocycles. The molecule has 0 radical (unpaired) electrons. The summed E-state index contributed by atoms with van der Waals surface area (Å²) in [6.45, 7) is -0.0572. The number of pyridine rings is 1. The van der Waals surface area contributed by atoms with Crippen molar-refractivity contribution in [1.29, 1.82) is 0 Å². The van der Waals surface area contributed by atoms with Crippen molar-refractivity contribution in [2.75, 3.05) is 7.05 Å². The van der Waals surface area contributed by atoms with Crippen LogP contribution in [0.15, 0.2) is 35.5 Å². The lowest BCUT2D eigenvalue weighted by Crippen LogP contribution is -2.42. The van der Waals surface area contributed by atoms with E-state index in [2.05, 4.69) is 10.3 Å². The van der Waals surface area contributed by atoms with Crippen LogP contribution in [0.5, 0.6) is 0 Å². The number of hydrogen-bond donors (Lipinski definition) is 1. The molecule has 8 heteroatoms. The highest BCUT2D eigenvalue weighted by atomic mass is 16.2. The predicted molar refractivity (Wildman–Crippen MR) is 116 cm³/mol. The predicted octanol–water partition coefficient (Wildman–Crippen LogP) is 2.25. The largest absolute Gasteiger partial charge is 0.342 e. The fraction of sp³-hybridized carbons (Fsp3) is 0.565. The molecule has 2 aliphatic rings. The van der Waals surface area contributed by atoms with E-state index in [0.29, 0.717) is 5.92 Å². The second kappa shape index (κ2) is 9.08. The van der Waals surface area contributed by atoms with Crippen molar-refractivity contribution in [1.82, 2.24) is 24.3 Å². The van der Waals surface area contributed by atoms with Gasteiger partial charge in [0.15, 0.2) is 0 Å². The Kier molecular flexibility index (Phi) is 6.25. The Labute approximate surface area is 182 Å². The monoisotopic (exact) mass is 425 g/mol. The third kappa shape index (κ3) is 4.73. The molecular formula is C23H31N5O3. The topological polar surface area (TPSA) is 89.2 Å². The van der Waals surface area contributed by atoms with Gasteiger partial charge >= 0.3 is 0 Å². The van der Waals surface area contributed by atoms with E-state index >= 15 is 0 Å². The van der Waals surface area contributed by atoms with E-state index in [1.807, 2.05) is 24.9 Å². The van der Waals surface area contributed by atoms with Crippen molar-refractivity contribution in [3.05, 3.63) is 52.5 Å². The number of rotatable bonds is 7. The molecule has 2 heterocycles. The zero-order chi connectivity index (χ0) is 22.0. The maximum Gasteiger partial charge on any atom is 0.263 e. The van der Waals surface area contributed by atoms with Gasteiger partial charge in [0.2, 0.25) is 5.91 Å². The first-order chi connectivity index (χ1) is 15.0. The van der Waals surface area contributed by atoms with E-state index in [9.17, 15) is 14.4 Å². The lowest BCUT2D eigenvalue weighted by molar-refractivity contribution is -0.133. The Balaban J connectivity index is 1.48. The van der Waals surface area contributed by atoms with Crippen molar-refractivity contribution < 1.29 is 9.59 Å². The van der Waals surface area contributed by atoms with Gasteiger partial charge in [0.05, 0.1) is 6.04 Å². The molecule has 0 spiro atoms. The van der Waals surface area contributed by atoms with E-state index < -0.39 is 11.5 Å². The van der Waals surface area contributed by atoms with E-state index in [4.69, 9.17) is 0 Å². The summed E-state index contributed by atoms with van der Waals surface area (Å²) in [5.41, 5.74) is -0.393. The molecule has 1 atom stereocenters. The van der Waals surface area contributed by atoms with Crippen LogP contribution in [-0.4, -0.2) is 43.9 Å². The van der Waals surface area contributed by atoms with Crippen LogP contribution in [0.1, 0.15) is 67.2 Å². The summed E-state index contributed by atoms with van der Waals surface area (Å²) in [6, 6.07) is 3.18. The Hall–Kier alpha value is -2.90. The number of nitrogens with one attached hydrogen (secondary N) is 1. The molecule has 2 aliphatic carbocycles. The fourth-order valence-electron chi connectivity index (χ4n) is 4.48. The molecule has 1 unspecified atom stereocenters. The Morgan fingerprint density at radius 3 is 2.58 bits per heavy atom. The summed E-state index contributed by atoms with van der Waals surface area (Å²) in [5, 5.41) is 3.00. The van der Waals surface area contributed by atoms with Gasteiger partial charge in [-0.2, -0.15) is 0 Å². The van der Waals surface area contributed by atoms with Crippen molar-refractivity contribution in [2.24, 2.45) is 13.0 Å². The smallest absolute Gasteiger partial charge is 0.263 e. The van der Waals surface area contributed by atoms with Crippen LogP contribution in [0.4, 0.5) is 0 Å². The van der Waals surface area contributed by atoms with E-state index in [0.717, 1.165) is 44.3 Å². The summed E-state index contributed by atoms with van der Waals surface area (Å²) in [4.78, 5) is 44.9. The van der Waals surface area contributed by atoms with Crippen molar-refractivity contribution >= 4 is 11.8 Å².